The molecule has 1 aliphatic rings. The SMILES string of the molecule is COC(=O)c1ccc(=O)n(C2(C(F)F)CC2)c1C(=O)N(C)NC(=O)OC(C)(C)C. The molecule has 1 aromatic heterocycles. The minimum absolute atomic E-state index is 0.0430. The third-order valence-corrected chi connectivity index (χ3v) is 4.28. The Labute approximate surface area is 165 Å². The summed E-state index contributed by atoms with van der Waals surface area (Å²) in [5, 5.41) is 0.660. The number of alkyl halides is 2. The fourth-order valence-electron chi connectivity index (χ4n) is 2.78. The van der Waals surface area contributed by atoms with Crippen molar-refractivity contribution in [3.8, 4) is 0 Å². The smallest absolute Gasteiger partial charge is 0.426 e. The standard InChI is InChI=1S/C18H23F2N3O6/c1-17(2,3)29-16(27)21-22(4)13(25)12-10(14(26)28-5)6-7-11(24)23(12)18(8-9-18)15(19)20/h6-7,15H,8-9H2,1-5H3,(H,21,27). The molecule has 0 unspecified atom stereocenters. The molecular weight excluding hydrogens is 392 g/mol. The van der Waals surface area contributed by atoms with E-state index in [1.807, 2.05) is 0 Å². The summed E-state index contributed by atoms with van der Waals surface area (Å²) in [5.74, 6) is -2.04. The Morgan fingerprint density at radius 2 is 1.83 bits per heavy atom. The average molecular weight is 415 g/mol. The van der Waals surface area contributed by atoms with Crippen LogP contribution in [0.2, 0.25) is 0 Å². The number of hydrogen-bond acceptors (Lipinski definition) is 6. The van der Waals surface area contributed by atoms with Crippen molar-refractivity contribution in [3.63, 3.8) is 0 Å². The zero-order valence-electron chi connectivity index (χ0n) is 16.7. The second-order valence-corrected chi connectivity index (χ2v) is 7.64. The van der Waals surface area contributed by atoms with Crippen LogP contribution in [0.4, 0.5) is 13.6 Å². The van der Waals surface area contributed by atoms with E-state index in [-0.39, 0.29) is 18.4 Å². The van der Waals surface area contributed by atoms with Crippen LogP contribution in [0.5, 0.6) is 0 Å². The summed E-state index contributed by atoms with van der Waals surface area (Å²) < 4.78 is 37.7. The Hall–Kier alpha value is -2.98. The Bertz CT molecular complexity index is 887. The van der Waals surface area contributed by atoms with E-state index in [4.69, 9.17) is 4.74 Å². The minimum Gasteiger partial charge on any atom is -0.465 e. The number of hydrazine groups is 1. The van der Waals surface area contributed by atoms with Crippen LogP contribution in [0.1, 0.15) is 54.5 Å². The van der Waals surface area contributed by atoms with Crippen LogP contribution in [0.25, 0.3) is 0 Å². The normalized spacial score (nSPS) is 14.9. The number of ether oxygens (including phenoxy) is 2. The van der Waals surface area contributed by atoms with Gasteiger partial charge in [-0.2, -0.15) is 0 Å². The number of esters is 1. The van der Waals surface area contributed by atoms with Crippen molar-refractivity contribution in [1.29, 1.82) is 0 Å². The number of nitrogens with zero attached hydrogens (tertiary/aromatic N) is 2. The highest BCUT2D eigenvalue weighted by Gasteiger charge is 2.55. The molecule has 1 saturated carbocycles. The molecule has 29 heavy (non-hydrogen) atoms. The van der Waals surface area contributed by atoms with Gasteiger partial charge in [0.2, 0.25) is 0 Å². The largest absolute Gasteiger partial charge is 0.465 e. The van der Waals surface area contributed by atoms with Crippen LogP contribution in [0, 0.1) is 0 Å². The lowest BCUT2D eigenvalue weighted by molar-refractivity contribution is 0.0316. The third-order valence-electron chi connectivity index (χ3n) is 4.28. The first-order valence-electron chi connectivity index (χ1n) is 8.75. The van der Waals surface area contributed by atoms with Crippen LogP contribution in [0.3, 0.4) is 0 Å². The van der Waals surface area contributed by atoms with Gasteiger partial charge in [0.15, 0.2) is 0 Å². The number of aromatic nitrogens is 1. The summed E-state index contributed by atoms with van der Waals surface area (Å²) in [6, 6.07) is 1.95. The lowest BCUT2D eigenvalue weighted by Gasteiger charge is -2.27. The molecule has 0 radical (unpaired) electrons. The van der Waals surface area contributed by atoms with Gasteiger partial charge in [-0.15, -0.1) is 0 Å². The summed E-state index contributed by atoms with van der Waals surface area (Å²) in [7, 11) is 2.19. The van der Waals surface area contributed by atoms with Crippen molar-refractivity contribution in [2.75, 3.05) is 14.2 Å². The van der Waals surface area contributed by atoms with Gasteiger partial charge in [-0.3, -0.25) is 14.2 Å². The van der Waals surface area contributed by atoms with E-state index in [1.54, 1.807) is 20.8 Å². The molecule has 1 aromatic rings. The van der Waals surface area contributed by atoms with Gasteiger partial charge in [0.25, 0.3) is 17.9 Å². The third kappa shape index (κ3) is 4.54. The molecule has 0 saturated heterocycles. The predicted molar refractivity (Wildman–Crippen MR) is 96.7 cm³/mol. The Balaban J connectivity index is 2.53. The second kappa shape index (κ2) is 7.80. The van der Waals surface area contributed by atoms with E-state index in [0.29, 0.717) is 9.58 Å². The lowest BCUT2D eigenvalue weighted by Crippen LogP contribution is -2.49. The second-order valence-electron chi connectivity index (χ2n) is 7.64. The number of halogens is 2. The maximum Gasteiger partial charge on any atom is 0.426 e. The first-order chi connectivity index (χ1) is 13.3. The van der Waals surface area contributed by atoms with E-state index < -0.39 is 46.8 Å². The number of rotatable bonds is 4. The van der Waals surface area contributed by atoms with E-state index in [9.17, 15) is 28.0 Å². The van der Waals surface area contributed by atoms with Crippen molar-refractivity contribution in [2.45, 2.75) is 51.2 Å². The van der Waals surface area contributed by atoms with Crippen LogP contribution in [-0.4, -0.2) is 53.7 Å². The van der Waals surface area contributed by atoms with E-state index in [1.165, 1.54) is 0 Å². The zero-order chi connectivity index (χ0) is 22.1. The van der Waals surface area contributed by atoms with E-state index in [2.05, 4.69) is 10.2 Å². The molecule has 1 heterocycles. The maximum atomic E-state index is 13.7. The summed E-state index contributed by atoms with van der Waals surface area (Å²) in [6.07, 6.45) is -4.01. The molecule has 2 amide bonds. The Kier molecular flexibility index (Phi) is 6.00. The molecule has 0 atom stereocenters. The number of methoxy groups -OCH3 is 1. The number of amides is 2. The maximum absolute atomic E-state index is 13.7. The average Bonchev–Trinajstić information content (AvgIpc) is 3.40. The molecule has 1 fully saturated rings. The number of nitrogens with one attached hydrogen (secondary N) is 1. The van der Waals surface area contributed by atoms with Crippen molar-refractivity contribution >= 4 is 18.0 Å². The first kappa shape index (κ1) is 22.3. The number of pyridine rings is 1. The zero-order valence-corrected chi connectivity index (χ0v) is 16.7. The minimum atomic E-state index is -2.94. The molecule has 0 aliphatic heterocycles. The fraction of sp³-hybridized carbons (Fsp3) is 0.556. The number of carbonyl (C=O) groups is 3. The van der Waals surface area contributed by atoms with Gasteiger partial charge in [-0.25, -0.2) is 28.8 Å². The van der Waals surface area contributed by atoms with Gasteiger partial charge in [0, 0.05) is 13.1 Å². The van der Waals surface area contributed by atoms with E-state index in [0.717, 1.165) is 26.3 Å². The molecule has 9 nitrogen and oxygen atoms in total. The summed E-state index contributed by atoms with van der Waals surface area (Å²) in [6.45, 7) is 4.83. The Morgan fingerprint density at radius 3 is 2.28 bits per heavy atom. The van der Waals surface area contributed by atoms with Crippen LogP contribution in [-0.2, 0) is 15.0 Å². The predicted octanol–water partition coefficient (Wildman–Crippen LogP) is 1.90. The van der Waals surface area contributed by atoms with Gasteiger partial charge < -0.3 is 9.47 Å². The number of hydrogen-bond donors (Lipinski definition) is 1. The molecule has 11 heteroatoms. The van der Waals surface area contributed by atoms with Crippen LogP contribution < -0.4 is 11.0 Å². The quantitative estimate of drug-likeness (QED) is 0.595. The van der Waals surface area contributed by atoms with Crippen LogP contribution in [0.15, 0.2) is 16.9 Å². The molecule has 2 rings (SSSR count). The summed E-state index contributed by atoms with van der Waals surface area (Å²) in [4.78, 5) is 49.5. The van der Waals surface area contributed by atoms with Gasteiger partial charge in [0.1, 0.15) is 16.8 Å². The van der Waals surface area contributed by atoms with Crippen LogP contribution >= 0.6 is 0 Å². The van der Waals surface area contributed by atoms with Crippen molar-refractivity contribution in [3.05, 3.63) is 33.7 Å². The molecule has 0 aromatic carbocycles. The fourth-order valence-corrected chi connectivity index (χ4v) is 2.78. The highest BCUT2D eigenvalue weighted by molar-refractivity contribution is 6.04. The Morgan fingerprint density at radius 1 is 1.24 bits per heavy atom. The van der Waals surface area contributed by atoms with E-state index >= 15 is 0 Å². The first-order valence-corrected chi connectivity index (χ1v) is 8.75. The highest BCUT2D eigenvalue weighted by Crippen LogP contribution is 2.48. The van der Waals surface area contributed by atoms with Crippen molar-refractivity contribution < 1.29 is 32.6 Å². The monoisotopic (exact) mass is 415 g/mol. The lowest BCUT2D eigenvalue weighted by atomic mass is 10.1. The molecular formula is C18H23F2N3O6. The van der Waals surface area contributed by atoms with Crippen molar-refractivity contribution in [2.24, 2.45) is 0 Å². The molecule has 0 spiro atoms. The van der Waals surface area contributed by atoms with Gasteiger partial charge in [-0.1, -0.05) is 0 Å². The molecule has 1 N–H and O–H groups in total. The molecule has 0 bridgehead atoms. The molecule has 1 aliphatic carbocycles. The van der Waals surface area contributed by atoms with Crippen molar-refractivity contribution in [1.82, 2.24) is 15.0 Å². The topological polar surface area (TPSA) is 107 Å². The summed E-state index contributed by atoms with van der Waals surface area (Å²) in [5.41, 5.74) is -2.45. The summed E-state index contributed by atoms with van der Waals surface area (Å²) >= 11 is 0. The number of carbonyl (C=O) groups excluding carboxylic acids is 3. The van der Waals surface area contributed by atoms with Gasteiger partial charge >= 0.3 is 12.1 Å². The molecule has 160 valence electrons. The van der Waals surface area contributed by atoms with Gasteiger partial charge in [0.05, 0.1) is 12.7 Å². The van der Waals surface area contributed by atoms with Gasteiger partial charge in [-0.05, 0) is 39.7 Å². The highest BCUT2D eigenvalue weighted by atomic mass is 19.3.